The number of rotatable bonds is 5. The number of fused-ring (bicyclic) bond motifs is 2. The van der Waals surface area contributed by atoms with E-state index in [1.165, 1.54) is 0 Å². The van der Waals surface area contributed by atoms with Crippen LogP contribution in [-0.2, 0) is 9.53 Å². The molecular formula is C28H23NO2. The number of hydrogen-bond acceptors (Lipinski definition) is 2. The van der Waals surface area contributed by atoms with Crippen molar-refractivity contribution in [2.75, 3.05) is 0 Å². The molecule has 3 heteroatoms. The van der Waals surface area contributed by atoms with Crippen molar-refractivity contribution in [3.63, 3.8) is 0 Å². The molecule has 0 radical (unpaired) electrons. The van der Waals surface area contributed by atoms with Gasteiger partial charge in [0.2, 0.25) is 0 Å². The van der Waals surface area contributed by atoms with E-state index in [1.54, 1.807) is 0 Å². The second kappa shape index (κ2) is 8.11. The average molecular weight is 405 g/mol. The van der Waals surface area contributed by atoms with Crippen molar-refractivity contribution in [2.24, 2.45) is 0 Å². The molecule has 3 nitrogen and oxygen atoms in total. The molecule has 0 aliphatic heterocycles. The second-order valence-corrected chi connectivity index (χ2v) is 7.76. The second-order valence-electron chi connectivity index (χ2n) is 7.76. The number of hydrogen-bond donors (Lipinski definition) is 0. The van der Waals surface area contributed by atoms with Crippen molar-refractivity contribution in [1.29, 1.82) is 0 Å². The molecule has 1 atom stereocenters. The molecule has 0 aliphatic rings. The van der Waals surface area contributed by atoms with Gasteiger partial charge in [-0.15, -0.1) is 0 Å². The molecule has 0 saturated heterocycles. The molecule has 5 rings (SSSR count). The maximum absolute atomic E-state index is 13.2. The fourth-order valence-corrected chi connectivity index (χ4v) is 4.20. The zero-order valence-electron chi connectivity index (χ0n) is 17.3. The zero-order valence-corrected chi connectivity index (χ0v) is 17.3. The van der Waals surface area contributed by atoms with E-state index in [0.717, 1.165) is 32.7 Å². The molecule has 1 heterocycles. The van der Waals surface area contributed by atoms with Gasteiger partial charge in [0.1, 0.15) is 6.04 Å². The van der Waals surface area contributed by atoms with E-state index >= 15 is 0 Å². The molecule has 0 amide bonds. The maximum Gasteiger partial charge on any atom is 0.329 e. The predicted octanol–water partition coefficient (Wildman–Crippen LogP) is 6.69. The minimum absolute atomic E-state index is 0.262. The van der Waals surface area contributed by atoms with Gasteiger partial charge in [0.15, 0.2) is 6.10 Å². The van der Waals surface area contributed by atoms with Crippen LogP contribution < -0.4 is 0 Å². The van der Waals surface area contributed by atoms with Gasteiger partial charge in [-0.1, -0.05) is 84.9 Å². The summed E-state index contributed by atoms with van der Waals surface area (Å²) in [5, 5.41) is 4.42. The number of nitrogens with zero attached hydrogens (tertiary/aromatic N) is 1. The maximum atomic E-state index is 13.2. The van der Waals surface area contributed by atoms with Gasteiger partial charge < -0.3 is 9.30 Å². The van der Waals surface area contributed by atoms with E-state index in [1.807, 2.05) is 72.4 Å². The first-order valence-electron chi connectivity index (χ1n) is 10.5. The topological polar surface area (TPSA) is 31.2 Å². The van der Waals surface area contributed by atoms with E-state index < -0.39 is 12.1 Å². The first-order valence-corrected chi connectivity index (χ1v) is 10.5. The fourth-order valence-electron chi connectivity index (χ4n) is 4.20. The average Bonchev–Trinajstić information content (AvgIpc) is 3.36. The van der Waals surface area contributed by atoms with E-state index in [2.05, 4.69) is 48.5 Å². The third-order valence-corrected chi connectivity index (χ3v) is 5.86. The molecule has 1 aromatic heterocycles. The Hall–Kier alpha value is -3.85. The highest BCUT2D eigenvalue weighted by atomic mass is 16.5. The highest BCUT2D eigenvalue weighted by Crippen LogP contribution is 2.36. The first-order chi connectivity index (χ1) is 15.2. The van der Waals surface area contributed by atoms with Gasteiger partial charge in [-0.3, -0.25) is 0 Å². The van der Waals surface area contributed by atoms with Crippen molar-refractivity contribution in [3.8, 4) is 0 Å². The quantitative estimate of drug-likeness (QED) is 0.305. The van der Waals surface area contributed by atoms with Crippen molar-refractivity contribution >= 4 is 27.5 Å². The summed E-state index contributed by atoms with van der Waals surface area (Å²) in [5.41, 5.74) is 1.98. The van der Waals surface area contributed by atoms with Gasteiger partial charge in [0.05, 0.1) is 0 Å². The van der Waals surface area contributed by atoms with Gasteiger partial charge in [0.25, 0.3) is 0 Å². The first kappa shape index (κ1) is 19.1. The van der Waals surface area contributed by atoms with Crippen molar-refractivity contribution in [3.05, 3.63) is 121 Å². The molecule has 4 aromatic carbocycles. The summed E-state index contributed by atoms with van der Waals surface area (Å²) in [4.78, 5) is 13.2. The Balaban J connectivity index is 1.66. The Labute approximate surface area is 181 Å². The summed E-state index contributed by atoms with van der Waals surface area (Å²) in [6, 6.07) is 32.2. The Bertz CT molecular complexity index is 1260. The summed E-state index contributed by atoms with van der Waals surface area (Å²) in [5.74, 6) is -0.262. The highest BCUT2D eigenvalue weighted by molar-refractivity contribution is 5.90. The minimum atomic E-state index is -0.511. The number of esters is 1. The third kappa shape index (κ3) is 3.59. The van der Waals surface area contributed by atoms with Gasteiger partial charge in [0, 0.05) is 23.5 Å². The molecule has 0 fully saturated rings. The summed E-state index contributed by atoms with van der Waals surface area (Å²) >= 11 is 0. The Kier molecular flexibility index (Phi) is 5.01. The standard InChI is InChI=1S/C28H23NO2/c1-20(29-18-6-7-19-29)28(30)31-27(25-16-8-12-21-10-2-4-14-23(21)25)26-17-9-13-22-11-3-5-15-24(22)26/h2-20,27H,1H3/t20-/m0/s1. The van der Waals surface area contributed by atoms with Crippen LogP contribution >= 0.6 is 0 Å². The van der Waals surface area contributed by atoms with Crippen LogP contribution in [0.25, 0.3) is 21.5 Å². The highest BCUT2D eigenvalue weighted by Gasteiger charge is 2.26. The van der Waals surface area contributed by atoms with Crippen LogP contribution in [0.5, 0.6) is 0 Å². The molecule has 5 aromatic rings. The number of aromatic nitrogens is 1. The van der Waals surface area contributed by atoms with E-state index in [9.17, 15) is 4.79 Å². The summed E-state index contributed by atoms with van der Waals surface area (Å²) < 4.78 is 8.13. The molecule has 31 heavy (non-hydrogen) atoms. The zero-order chi connectivity index (χ0) is 21.2. The van der Waals surface area contributed by atoms with E-state index in [0.29, 0.717) is 0 Å². The number of carbonyl (C=O) groups is 1. The molecule has 0 saturated carbocycles. The van der Waals surface area contributed by atoms with E-state index in [-0.39, 0.29) is 5.97 Å². The fraction of sp³-hybridized carbons (Fsp3) is 0.107. The number of benzene rings is 4. The molecule has 0 aliphatic carbocycles. The van der Waals surface area contributed by atoms with Crippen LogP contribution in [0.1, 0.15) is 30.2 Å². The summed E-state index contributed by atoms with van der Waals surface area (Å²) in [7, 11) is 0. The Morgan fingerprint density at radius 3 is 1.71 bits per heavy atom. The van der Waals surface area contributed by atoms with Crippen LogP contribution in [0.2, 0.25) is 0 Å². The van der Waals surface area contributed by atoms with Gasteiger partial charge >= 0.3 is 5.97 Å². The third-order valence-electron chi connectivity index (χ3n) is 5.86. The Morgan fingerprint density at radius 1 is 0.677 bits per heavy atom. The van der Waals surface area contributed by atoms with Crippen molar-refractivity contribution in [2.45, 2.75) is 19.1 Å². The van der Waals surface area contributed by atoms with E-state index in [4.69, 9.17) is 4.74 Å². The largest absolute Gasteiger partial charge is 0.451 e. The lowest BCUT2D eigenvalue weighted by Gasteiger charge is -2.24. The predicted molar refractivity (Wildman–Crippen MR) is 125 cm³/mol. The van der Waals surface area contributed by atoms with Crippen molar-refractivity contribution < 1.29 is 9.53 Å². The molecule has 152 valence electrons. The normalized spacial score (nSPS) is 12.3. The van der Waals surface area contributed by atoms with Crippen LogP contribution in [0.4, 0.5) is 0 Å². The van der Waals surface area contributed by atoms with Crippen molar-refractivity contribution in [1.82, 2.24) is 4.57 Å². The lowest BCUT2D eigenvalue weighted by molar-refractivity contribution is -0.151. The SMILES string of the molecule is C[C@@H](C(=O)OC(c1cccc2ccccc12)c1cccc2ccccc12)n1cccc1. The lowest BCUT2D eigenvalue weighted by Crippen LogP contribution is -2.21. The van der Waals surface area contributed by atoms with Crippen LogP contribution in [0, 0.1) is 0 Å². The van der Waals surface area contributed by atoms with Gasteiger partial charge in [-0.2, -0.15) is 0 Å². The molecule has 0 spiro atoms. The Morgan fingerprint density at radius 2 is 1.16 bits per heavy atom. The lowest BCUT2D eigenvalue weighted by atomic mass is 9.92. The van der Waals surface area contributed by atoms with Gasteiger partial charge in [-0.05, 0) is 40.6 Å². The molecule has 0 unspecified atom stereocenters. The monoisotopic (exact) mass is 405 g/mol. The molecular weight excluding hydrogens is 382 g/mol. The number of carbonyl (C=O) groups excluding carboxylic acids is 1. The molecule has 0 N–H and O–H groups in total. The molecule has 0 bridgehead atoms. The smallest absolute Gasteiger partial charge is 0.329 e. The summed E-state index contributed by atoms with van der Waals surface area (Å²) in [6.45, 7) is 1.87. The number of ether oxygens (including phenoxy) is 1. The van der Waals surface area contributed by atoms with Crippen LogP contribution in [0.3, 0.4) is 0 Å². The van der Waals surface area contributed by atoms with Crippen LogP contribution in [0.15, 0.2) is 109 Å². The minimum Gasteiger partial charge on any atom is -0.451 e. The van der Waals surface area contributed by atoms with Crippen LogP contribution in [-0.4, -0.2) is 10.5 Å². The summed E-state index contributed by atoms with van der Waals surface area (Å²) in [6.07, 6.45) is 3.26. The van der Waals surface area contributed by atoms with Gasteiger partial charge in [-0.25, -0.2) is 4.79 Å².